The van der Waals surface area contributed by atoms with E-state index in [-0.39, 0.29) is 26.1 Å². The summed E-state index contributed by atoms with van der Waals surface area (Å²) in [5.41, 5.74) is 0. The Balaban J connectivity index is 3.44. The molecule has 0 rings (SSSR count). The maximum Gasteiger partial charge on any atom is 0.397 e. The molecule has 0 bridgehead atoms. The lowest BCUT2D eigenvalue weighted by Gasteiger charge is -2.01. The van der Waals surface area contributed by atoms with E-state index in [9.17, 15) is 17.2 Å². The van der Waals surface area contributed by atoms with Crippen LogP contribution in [-0.2, 0) is 30.1 Å². The summed E-state index contributed by atoms with van der Waals surface area (Å²) in [7, 11) is -4.41. The Bertz CT molecular complexity index is 349. The van der Waals surface area contributed by atoms with Gasteiger partial charge in [-0.1, -0.05) is 0 Å². The average Bonchev–Trinajstić information content (AvgIpc) is 2.07. The van der Waals surface area contributed by atoms with E-state index >= 15 is 0 Å². The van der Waals surface area contributed by atoms with E-state index in [0.717, 1.165) is 0 Å². The summed E-state index contributed by atoms with van der Waals surface area (Å²) in [6.45, 7) is -0.303. The van der Waals surface area contributed by atoms with Gasteiger partial charge in [-0.2, -0.15) is 8.42 Å². The van der Waals surface area contributed by atoms with Gasteiger partial charge in [0.25, 0.3) is 0 Å². The average molecular weight is 257 g/mol. The van der Waals surface area contributed by atoms with Crippen LogP contribution in [-0.4, -0.2) is 34.9 Å². The second-order valence-electron chi connectivity index (χ2n) is 2.13. The monoisotopic (exact) mass is 257 g/mol. The molecule has 0 aliphatic carbocycles. The van der Waals surface area contributed by atoms with Crippen molar-refractivity contribution in [2.75, 3.05) is 13.2 Å². The number of rotatable bonds is 6. The Labute approximate surface area is 90.2 Å². The molecule has 0 amide bonds. The molecule has 1 unspecified atom stereocenters. The lowest BCUT2D eigenvalue weighted by molar-refractivity contribution is 0.274. The van der Waals surface area contributed by atoms with Gasteiger partial charge in [0, 0.05) is 12.8 Å². The SMILES string of the molecule is O=S([O-])OCCC#CCCOS(=O)(=O)O. The first-order chi connectivity index (χ1) is 6.92. The topological polar surface area (TPSA) is 113 Å². The van der Waals surface area contributed by atoms with Crippen molar-refractivity contribution in [3.8, 4) is 11.8 Å². The minimum Gasteiger partial charge on any atom is -0.750 e. The van der Waals surface area contributed by atoms with Crippen LogP contribution >= 0.6 is 0 Å². The molecule has 1 N–H and O–H groups in total. The van der Waals surface area contributed by atoms with Crippen LogP contribution in [0.1, 0.15) is 12.8 Å². The van der Waals surface area contributed by atoms with Crippen molar-refractivity contribution < 1.29 is 30.1 Å². The van der Waals surface area contributed by atoms with Crippen molar-refractivity contribution in [1.82, 2.24) is 0 Å². The minimum atomic E-state index is -4.41. The molecule has 0 saturated carbocycles. The quantitative estimate of drug-likeness (QED) is 0.292. The molecule has 9 heteroatoms. The molecule has 0 radical (unpaired) electrons. The highest BCUT2D eigenvalue weighted by Gasteiger charge is 2.01. The first-order valence-corrected chi connectivity index (χ1v) is 6.08. The van der Waals surface area contributed by atoms with Crippen molar-refractivity contribution in [2.24, 2.45) is 0 Å². The maximum atomic E-state index is 10.0. The normalized spacial score (nSPS) is 12.9. The zero-order chi connectivity index (χ0) is 11.7. The van der Waals surface area contributed by atoms with E-state index in [4.69, 9.17) is 4.55 Å². The summed E-state index contributed by atoms with van der Waals surface area (Å²) in [6.07, 6.45) is 0.320. The lowest BCUT2D eigenvalue weighted by atomic mass is 10.4. The largest absolute Gasteiger partial charge is 0.750 e. The van der Waals surface area contributed by atoms with Gasteiger partial charge in [-0.05, 0) is 0 Å². The molecule has 7 nitrogen and oxygen atoms in total. The van der Waals surface area contributed by atoms with E-state index in [1.807, 2.05) is 0 Å². The summed E-state index contributed by atoms with van der Waals surface area (Å²) < 4.78 is 56.0. The van der Waals surface area contributed by atoms with Gasteiger partial charge in [0.15, 0.2) is 0 Å². The highest BCUT2D eigenvalue weighted by molar-refractivity contribution is 7.80. The van der Waals surface area contributed by atoms with Crippen LogP contribution in [0.2, 0.25) is 0 Å². The summed E-state index contributed by atoms with van der Waals surface area (Å²) in [5, 5.41) is 0. The third kappa shape index (κ3) is 13.5. The van der Waals surface area contributed by atoms with E-state index in [2.05, 4.69) is 20.2 Å². The zero-order valence-electron chi connectivity index (χ0n) is 7.54. The molecule has 88 valence electrons. The molecule has 15 heavy (non-hydrogen) atoms. The maximum absolute atomic E-state index is 10.0. The van der Waals surface area contributed by atoms with Gasteiger partial charge < -0.3 is 4.55 Å². The van der Waals surface area contributed by atoms with Crippen LogP contribution in [0.25, 0.3) is 0 Å². The van der Waals surface area contributed by atoms with E-state index in [1.165, 1.54) is 0 Å². The van der Waals surface area contributed by atoms with Crippen LogP contribution in [0.5, 0.6) is 0 Å². The summed E-state index contributed by atoms with van der Waals surface area (Å²) in [6, 6.07) is 0. The van der Waals surface area contributed by atoms with Crippen molar-refractivity contribution in [3.63, 3.8) is 0 Å². The smallest absolute Gasteiger partial charge is 0.397 e. The molecule has 0 fully saturated rings. The molecule has 0 aliphatic rings. The van der Waals surface area contributed by atoms with Crippen molar-refractivity contribution in [3.05, 3.63) is 0 Å². The highest BCUT2D eigenvalue weighted by Crippen LogP contribution is 1.88. The molecule has 0 heterocycles. The second-order valence-corrected chi connectivity index (χ2v) is 3.86. The number of hydrogen-bond acceptors (Lipinski definition) is 6. The van der Waals surface area contributed by atoms with Gasteiger partial charge in [-0.15, -0.1) is 11.8 Å². The van der Waals surface area contributed by atoms with Crippen LogP contribution < -0.4 is 0 Å². The van der Waals surface area contributed by atoms with Crippen molar-refractivity contribution >= 4 is 21.8 Å². The van der Waals surface area contributed by atoms with Gasteiger partial charge >= 0.3 is 10.4 Å². The predicted octanol–water partition coefficient (Wildman–Crippen LogP) is -0.600. The molecule has 0 aromatic heterocycles. The number of hydrogen-bond donors (Lipinski definition) is 1. The zero-order valence-corrected chi connectivity index (χ0v) is 9.17. The van der Waals surface area contributed by atoms with Crippen LogP contribution in [0.3, 0.4) is 0 Å². The Morgan fingerprint density at radius 1 is 1.27 bits per heavy atom. The molecule has 0 aliphatic heterocycles. The molecule has 0 aromatic rings. The van der Waals surface area contributed by atoms with Crippen molar-refractivity contribution in [2.45, 2.75) is 12.8 Å². The molecule has 1 atom stereocenters. The second kappa shape index (κ2) is 7.75. The first kappa shape index (κ1) is 14.5. The fourth-order valence-corrected chi connectivity index (χ4v) is 1.05. The molecule has 0 saturated heterocycles. The Morgan fingerprint density at radius 3 is 2.27 bits per heavy atom. The lowest BCUT2D eigenvalue weighted by Crippen LogP contribution is -2.04. The molecule has 0 aromatic carbocycles. The summed E-state index contributed by atoms with van der Waals surface area (Å²) in [4.78, 5) is 0. The van der Waals surface area contributed by atoms with Gasteiger partial charge in [-0.25, -0.2) is 8.39 Å². The van der Waals surface area contributed by atoms with E-state index < -0.39 is 21.8 Å². The Kier molecular flexibility index (Phi) is 7.49. The predicted molar refractivity (Wildman–Crippen MR) is 49.4 cm³/mol. The fraction of sp³-hybridized carbons (Fsp3) is 0.667. The standard InChI is InChI=1S/C6H10O7S2/c7-14(8)12-5-3-1-2-4-6-13-15(9,10)11/h3-6H2,(H,7,8)(H,9,10,11)/p-1. The molecular formula is C6H9O7S2-. The third-order valence-corrected chi connectivity index (χ3v) is 1.81. The molecular weight excluding hydrogens is 248 g/mol. The fourth-order valence-electron chi connectivity index (χ4n) is 0.536. The van der Waals surface area contributed by atoms with Crippen molar-refractivity contribution in [1.29, 1.82) is 0 Å². The van der Waals surface area contributed by atoms with E-state index in [0.29, 0.717) is 0 Å². The Morgan fingerprint density at radius 2 is 1.80 bits per heavy atom. The van der Waals surface area contributed by atoms with Crippen LogP contribution in [0.15, 0.2) is 0 Å². The Hall–Kier alpha value is -0.500. The summed E-state index contributed by atoms with van der Waals surface area (Å²) >= 11 is -2.54. The van der Waals surface area contributed by atoms with E-state index in [1.54, 1.807) is 0 Å². The first-order valence-electron chi connectivity index (χ1n) is 3.72. The summed E-state index contributed by atoms with van der Waals surface area (Å²) in [5.74, 6) is 5.02. The van der Waals surface area contributed by atoms with Crippen LogP contribution in [0.4, 0.5) is 0 Å². The van der Waals surface area contributed by atoms with Gasteiger partial charge in [0.1, 0.15) is 0 Å². The minimum absolute atomic E-state index is 0.0533. The molecule has 0 spiro atoms. The van der Waals surface area contributed by atoms with Crippen LogP contribution in [0, 0.1) is 11.8 Å². The van der Waals surface area contributed by atoms with Gasteiger partial charge in [0.2, 0.25) is 0 Å². The third-order valence-electron chi connectivity index (χ3n) is 0.991. The van der Waals surface area contributed by atoms with Gasteiger partial charge in [0.05, 0.1) is 24.6 Å². The van der Waals surface area contributed by atoms with Gasteiger partial charge in [-0.3, -0.25) is 8.74 Å². The highest BCUT2D eigenvalue weighted by atomic mass is 32.3.